The van der Waals surface area contributed by atoms with Crippen LogP contribution in [0.5, 0.6) is 0 Å². The SMILES string of the molecule is CC(CO)(C(=O)N=C(N)SC=N)C(c1ccccc1)c1ccc2c(cnn2-c2ccc(F)cc2)c1. The number of thioether (sulfide) groups is 1. The number of fused-ring (bicyclic) bond motifs is 1. The zero-order chi connectivity index (χ0) is 25.0. The number of hydrogen-bond acceptors (Lipinski definition) is 5. The maximum absolute atomic E-state index is 13.4. The number of rotatable bonds is 7. The third-order valence-corrected chi connectivity index (χ3v) is 6.43. The fourth-order valence-electron chi connectivity index (χ4n) is 4.19. The van der Waals surface area contributed by atoms with E-state index in [-0.39, 0.29) is 11.0 Å². The molecule has 1 aromatic heterocycles. The van der Waals surface area contributed by atoms with Crippen molar-refractivity contribution in [3.8, 4) is 5.69 Å². The van der Waals surface area contributed by atoms with Gasteiger partial charge in [0, 0.05) is 11.3 Å². The van der Waals surface area contributed by atoms with Crippen LogP contribution in [-0.2, 0) is 4.79 Å². The number of amides is 1. The van der Waals surface area contributed by atoms with Crippen molar-refractivity contribution in [3.05, 3.63) is 95.9 Å². The average Bonchev–Trinajstić information content (AvgIpc) is 3.28. The van der Waals surface area contributed by atoms with Crippen molar-refractivity contribution in [3.63, 3.8) is 0 Å². The van der Waals surface area contributed by atoms with Gasteiger partial charge in [0.15, 0.2) is 5.17 Å². The number of nitrogens with two attached hydrogens (primary N) is 1. The Labute approximate surface area is 206 Å². The van der Waals surface area contributed by atoms with E-state index in [4.69, 9.17) is 11.1 Å². The molecular weight excluding hydrogens is 465 g/mol. The predicted octanol–water partition coefficient (Wildman–Crippen LogP) is 4.48. The standard InChI is InChI=1S/C26H24FN5O2S/c1-26(15-33,24(34)31-25(29)35-16-28)23(17-5-3-2-4-6-17)18-7-12-22-19(13-18)14-30-32(22)21-10-8-20(27)9-11-21/h2-14,16,23,28,33H,15H2,1H3,(H2,29,31,34). The third-order valence-electron chi connectivity index (χ3n) is 5.98. The number of aliphatic imine (C=N–C) groups is 1. The van der Waals surface area contributed by atoms with Gasteiger partial charge in [0.25, 0.3) is 5.91 Å². The van der Waals surface area contributed by atoms with Gasteiger partial charge in [-0.15, -0.1) is 0 Å². The van der Waals surface area contributed by atoms with Crippen molar-refractivity contribution in [1.82, 2.24) is 9.78 Å². The first-order valence-electron chi connectivity index (χ1n) is 10.8. The Balaban J connectivity index is 1.83. The number of aliphatic hydroxyl groups is 1. The van der Waals surface area contributed by atoms with Gasteiger partial charge in [-0.3, -0.25) is 4.79 Å². The highest BCUT2D eigenvalue weighted by molar-refractivity contribution is 8.24. The van der Waals surface area contributed by atoms with Gasteiger partial charge in [0.1, 0.15) is 5.82 Å². The molecule has 4 aromatic rings. The highest BCUT2D eigenvalue weighted by Crippen LogP contribution is 2.43. The summed E-state index contributed by atoms with van der Waals surface area (Å²) in [5.41, 5.74) is 8.60. The highest BCUT2D eigenvalue weighted by Gasteiger charge is 2.43. The minimum absolute atomic E-state index is 0.0625. The Hall–Kier alpha value is -3.82. The number of aliphatic hydroxyl groups excluding tert-OH is 1. The molecule has 0 spiro atoms. The summed E-state index contributed by atoms with van der Waals surface area (Å²) in [6.45, 7) is 1.19. The molecule has 0 fully saturated rings. The second-order valence-electron chi connectivity index (χ2n) is 8.26. The van der Waals surface area contributed by atoms with Crippen LogP contribution in [0.2, 0.25) is 0 Å². The number of nitrogens with one attached hydrogen (secondary N) is 1. The third kappa shape index (κ3) is 4.87. The molecule has 0 saturated carbocycles. The number of halogens is 1. The molecule has 0 aliphatic rings. The molecule has 4 N–H and O–H groups in total. The van der Waals surface area contributed by atoms with Crippen LogP contribution in [0, 0.1) is 16.6 Å². The van der Waals surface area contributed by atoms with Crippen molar-refractivity contribution in [2.24, 2.45) is 16.1 Å². The van der Waals surface area contributed by atoms with Crippen LogP contribution in [0.1, 0.15) is 24.0 Å². The van der Waals surface area contributed by atoms with Crippen molar-refractivity contribution < 1.29 is 14.3 Å². The van der Waals surface area contributed by atoms with E-state index < -0.39 is 23.8 Å². The van der Waals surface area contributed by atoms with Crippen LogP contribution in [0.3, 0.4) is 0 Å². The Kier molecular flexibility index (Phi) is 7.09. The summed E-state index contributed by atoms with van der Waals surface area (Å²) in [5, 5.41) is 22.8. The van der Waals surface area contributed by atoms with Gasteiger partial charge in [-0.1, -0.05) is 36.4 Å². The van der Waals surface area contributed by atoms with E-state index in [1.165, 1.54) is 12.1 Å². The van der Waals surface area contributed by atoms with Crippen LogP contribution in [0.4, 0.5) is 4.39 Å². The second-order valence-corrected chi connectivity index (χ2v) is 9.15. The van der Waals surface area contributed by atoms with Gasteiger partial charge in [-0.2, -0.15) is 10.1 Å². The predicted molar refractivity (Wildman–Crippen MR) is 138 cm³/mol. The minimum atomic E-state index is -1.32. The molecule has 0 radical (unpaired) electrons. The summed E-state index contributed by atoms with van der Waals surface area (Å²) >= 11 is 0.825. The largest absolute Gasteiger partial charge is 0.395 e. The second kappa shape index (κ2) is 10.2. The van der Waals surface area contributed by atoms with Gasteiger partial charge in [-0.25, -0.2) is 9.07 Å². The molecule has 1 amide bonds. The fourth-order valence-corrected chi connectivity index (χ4v) is 4.45. The molecule has 1 heterocycles. The molecule has 35 heavy (non-hydrogen) atoms. The first kappa shape index (κ1) is 24.3. The fraction of sp³-hybridized carbons (Fsp3) is 0.154. The van der Waals surface area contributed by atoms with Gasteiger partial charge >= 0.3 is 0 Å². The lowest BCUT2D eigenvalue weighted by Gasteiger charge is -2.34. The van der Waals surface area contributed by atoms with E-state index in [0.717, 1.165) is 45.0 Å². The number of carbonyl (C=O) groups excluding carboxylic acids is 1. The number of benzene rings is 3. The summed E-state index contributed by atoms with van der Waals surface area (Å²) in [6.07, 6.45) is 1.71. The van der Waals surface area contributed by atoms with Gasteiger partial charge in [0.2, 0.25) is 0 Å². The van der Waals surface area contributed by atoms with E-state index in [1.54, 1.807) is 29.9 Å². The maximum Gasteiger partial charge on any atom is 0.257 e. The summed E-state index contributed by atoms with van der Waals surface area (Å²) in [5.74, 6) is -1.45. The minimum Gasteiger partial charge on any atom is -0.395 e. The zero-order valence-electron chi connectivity index (χ0n) is 18.9. The summed E-state index contributed by atoms with van der Waals surface area (Å²) < 4.78 is 15.1. The highest BCUT2D eigenvalue weighted by atomic mass is 32.2. The summed E-state index contributed by atoms with van der Waals surface area (Å²) in [7, 11) is 0. The topological polar surface area (TPSA) is 117 Å². The molecule has 2 unspecified atom stereocenters. The van der Waals surface area contributed by atoms with E-state index in [0.29, 0.717) is 0 Å². The molecule has 0 aliphatic carbocycles. The Morgan fingerprint density at radius 3 is 2.57 bits per heavy atom. The lowest BCUT2D eigenvalue weighted by Crippen LogP contribution is -2.38. The smallest absolute Gasteiger partial charge is 0.257 e. The molecule has 7 nitrogen and oxygen atoms in total. The quantitative estimate of drug-likeness (QED) is 0.261. The van der Waals surface area contributed by atoms with E-state index in [9.17, 15) is 14.3 Å². The van der Waals surface area contributed by atoms with Gasteiger partial charge in [0.05, 0.1) is 35.0 Å². The number of nitrogens with zero attached hydrogens (tertiary/aromatic N) is 3. The number of amidine groups is 1. The van der Waals surface area contributed by atoms with E-state index in [2.05, 4.69) is 10.1 Å². The van der Waals surface area contributed by atoms with Crippen LogP contribution in [0.15, 0.2) is 84.0 Å². The van der Waals surface area contributed by atoms with E-state index >= 15 is 0 Å². The monoisotopic (exact) mass is 489 g/mol. The van der Waals surface area contributed by atoms with Crippen molar-refractivity contribution in [1.29, 1.82) is 5.41 Å². The number of carbonyl (C=O) groups is 1. The summed E-state index contributed by atoms with van der Waals surface area (Å²) in [6, 6.07) is 21.2. The Bertz CT molecular complexity index is 1390. The number of aromatic nitrogens is 2. The van der Waals surface area contributed by atoms with Crippen LogP contribution >= 0.6 is 11.8 Å². The van der Waals surface area contributed by atoms with Crippen LogP contribution in [0.25, 0.3) is 16.6 Å². The molecule has 9 heteroatoms. The molecular formula is C26H24FN5O2S. The summed E-state index contributed by atoms with van der Waals surface area (Å²) in [4.78, 5) is 17.2. The molecule has 0 bridgehead atoms. The van der Waals surface area contributed by atoms with Crippen molar-refractivity contribution in [2.75, 3.05) is 6.61 Å². The Morgan fingerprint density at radius 2 is 1.91 bits per heavy atom. The van der Waals surface area contributed by atoms with Crippen LogP contribution < -0.4 is 5.73 Å². The zero-order valence-corrected chi connectivity index (χ0v) is 19.7. The molecule has 178 valence electrons. The Morgan fingerprint density at radius 1 is 1.20 bits per heavy atom. The normalized spacial score (nSPS) is 14.4. The van der Waals surface area contributed by atoms with Crippen molar-refractivity contribution in [2.45, 2.75) is 12.8 Å². The van der Waals surface area contributed by atoms with Crippen LogP contribution in [-0.4, -0.2) is 38.1 Å². The first-order chi connectivity index (χ1) is 16.9. The van der Waals surface area contributed by atoms with Gasteiger partial charge in [-0.05, 0) is 66.2 Å². The first-order valence-corrected chi connectivity index (χ1v) is 11.7. The molecule has 0 aliphatic heterocycles. The van der Waals surface area contributed by atoms with E-state index in [1.807, 2.05) is 48.5 Å². The lowest BCUT2D eigenvalue weighted by molar-refractivity contribution is -0.129. The molecule has 2 atom stereocenters. The molecule has 0 saturated heterocycles. The maximum atomic E-state index is 13.4. The number of hydrogen-bond donors (Lipinski definition) is 3. The molecule has 4 rings (SSSR count). The lowest BCUT2D eigenvalue weighted by atomic mass is 9.69. The van der Waals surface area contributed by atoms with Crippen molar-refractivity contribution >= 4 is 39.3 Å². The average molecular weight is 490 g/mol. The molecule has 3 aromatic carbocycles. The van der Waals surface area contributed by atoms with Gasteiger partial charge < -0.3 is 16.2 Å².